The molecule has 1 saturated heterocycles. The van der Waals surface area contributed by atoms with E-state index in [9.17, 15) is 0 Å². The minimum absolute atomic E-state index is 0. The molecule has 1 aliphatic carbocycles. The number of ether oxygens (including phenoxy) is 1. The summed E-state index contributed by atoms with van der Waals surface area (Å²) in [7, 11) is 1.99. The Kier molecular flexibility index (Phi) is 9.18. The summed E-state index contributed by atoms with van der Waals surface area (Å²) in [6.45, 7) is 11.1. The fraction of sp³-hybridized carbons (Fsp3) is 0.857. The monoisotopic (exact) mass is 518 g/mol. The van der Waals surface area contributed by atoms with E-state index in [1.165, 1.54) is 32.1 Å². The molecule has 2 unspecified atom stereocenters. The van der Waals surface area contributed by atoms with E-state index in [4.69, 9.17) is 9.73 Å². The number of nitrogens with one attached hydrogen (secondary N) is 2. The van der Waals surface area contributed by atoms with Gasteiger partial charge in [0.05, 0.1) is 6.10 Å². The molecule has 8 heteroatoms. The van der Waals surface area contributed by atoms with Crippen LogP contribution in [0.2, 0.25) is 0 Å². The van der Waals surface area contributed by atoms with Crippen LogP contribution < -0.4 is 10.6 Å². The largest absolute Gasteiger partial charge is 0.377 e. The third-order valence-electron chi connectivity index (χ3n) is 6.09. The van der Waals surface area contributed by atoms with Crippen LogP contribution in [0.4, 0.5) is 0 Å². The number of aliphatic imine (C=N–C) groups is 1. The molecule has 0 spiro atoms. The number of guanidine groups is 1. The highest BCUT2D eigenvalue weighted by Gasteiger charge is 2.35. The van der Waals surface area contributed by atoms with E-state index in [0.29, 0.717) is 18.5 Å². The van der Waals surface area contributed by atoms with Gasteiger partial charge < -0.3 is 19.9 Å². The molecule has 1 saturated carbocycles. The van der Waals surface area contributed by atoms with E-state index < -0.39 is 0 Å². The van der Waals surface area contributed by atoms with Crippen LogP contribution in [0.3, 0.4) is 0 Å². The summed E-state index contributed by atoms with van der Waals surface area (Å²) in [4.78, 5) is 4.83. The van der Waals surface area contributed by atoms with Crippen molar-refractivity contribution in [2.75, 3.05) is 13.2 Å². The van der Waals surface area contributed by atoms with Gasteiger partial charge in [-0.1, -0.05) is 33.6 Å². The van der Waals surface area contributed by atoms with E-state index >= 15 is 0 Å². The molecule has 1 aromatic heterocycles. The van der Waals surface area contributed by atoms with Gasteiger partial charge in [-0.3, -0.25) is 0 Å². The Bertz CT molecular complexity index is 663. The number of hydrogen-bond acceptors (Lipinski definition) is 4. The van der Waals surface area contributed by atoms with Gasteiger partial charge in [0.2, 0.25) is 0 Å². The normalized spacial score (nSPS) is 23.7. The van der Waals surface area contributed by atoms with Gasteiger partial charge in [0.1, 0.15) is 12.4 Å². The van der Waals surface area contributed by atoms with Crippen LogP contribution in [0.15, 0.2) is 4.99 Å². The predicted molar refractivity (Wildman–Crippen MR) is 128 cm³/mol. The zero-order valence-corrected chi connectivity index (χ0v) is 21.0. The molecule has 2 aliphatic rings. The van der Waals surface area contributed by atoms with Crippen LogP contribution in [0.5, 0.6) is 0 Å². The maximum atomic E-state index is 6.15. The van der Waals surface area contributed by atoms with Gasteiger partial charge in [-0.15, -0.1) is 34.2 Å². The Balaban J connectivity index is 0.00000300. The molecule has 2 heterocycles. The summed E-state index contributed by atoms with van der Waals surface area (Å²) in [6.07, 6.45) is 7.67. The van der Waals surface area contributed by atoms with E-state index in [-0.39, 0.29) is 35.5 Å². The molecule has 0 aromatic carbocycles. The molecule has 0 bridgehead atoms. The topological polar surface area (TPSA) is 76.4 Å². The molecule has 0 amide bonds. The number of rotatable bonds is 5. The highest BCUT2D eigenvalue weighted by Crippen LogP contribution is 2.33. The predicted octanol–water partition coefficient (Wildman–Crippen LogP) is 3.56. The molecule has 166 valence electrons. The number of aryl methyl sites for hydroxylation is 1. The molecule has 2 N–H and O–H groups in total. The van der Waals surface area contributed by atoms with E-state index in [0.717, 1.165) is 37.2 Å². The molecule has 7 nitrogen and oxygen atoms in total. The zero-order valence-electron chi connectivity index (χ0n) is 18.7. The van der Waals surface area contributed by atoms with Gasteiger partial charge in [0.25, 0.3) is 0 Å². The number of halogens is 1. The maximum Gasteiger partial charge on any atom is 0.191 e. The Hall–Kier alpha value is -0.900. The quantitative estimate of drug-likeness (QED) is 0.354. The van der Waals surface area contributed by atoms with Gasteiger partial charge >= 0.3 is 0 Å². The average Bonchev–Trinajstić information content (AvgIpc) is 3.28. The average molecular weight is 518 g/mol. The summed E-state index contributed by atoms with van der Waals surface area (Å²) >= 11 is 0. The van der Waals surface area contributed by atoms with Gasteiger partial charge in [-0.05, 0) is 38.0 Å². The SMILES string of the molecule is Cc1nnc(CN=C(NCC2CCCOC2C(C)(C)C)NC2CCCC2)n1C.I. The van der Waals surface area contributed by atoms with Crippen molar-refractivity contribution in [3.63, 3.8) is 0 Å². The van der Waals surface area contributed by atoms with Crippen molar-refractivity contribution in [1.82, 2.24) is 25.4 Å². The minimum atomic E-state index is 0. The van der Waals surface area contributed by atoms with Crippen molar-refractivity contribution in [1.29, 1.82) is 0 Å². The van der Waals surface area contributed by atoms with Gasteiger partial charge in [0.15, 0.2) is 11.8 Å². The third-order valence-corrected chi connectivity index (χ3v) is 6.09. The molecular weight excluding hydrogens is 479 g/mol. The number of nitrogens with zero attached hydrogens (tertiary/aromatic N) is 4. The minimum Gasteiger partial charge on any atom is -0.377 e. The first-order chi connectivity index (χ1) is 13.3. The third kappa shape index (κ3) is 6.80. The summed E-state index contributed by atoms with van der Waals surface area (Å²) in [5, 5.41) is 15.6. The van der Waals surface area contributed by atoms with Crippen LogP contribution in [-0.2, 0) is 18.3 Å². The highest BCUT2D eigenvalue weighted by atomic mass is 127. The van der Waals surface area contributed by atoms with Crippen molar-refractivity contribution in [2.45, 2.75) is 84.9 Å². The summed E-state index contributed by atoms with van der Waals surface area (Å²) in [5.41, 5.74) is 0.152. The van der Waals surface area contributed by atoms with Gasteiger partial charge in [-0.2, -0.15) is 0 Å². The van der Waals surface area contributed by atoms with Gasteiger partial charge in [0, 0.05) is 32.2 Å². The van der Waals surface area contributed by atoms with Crippen molar-refractivity contribution in [3.05, 3.63) is 11.6 Å². The van der Waals surface area contributed by atoms with Crippen LogP contribution in [0, 0.1) is 18.3 Å². The summed E-state index contributed by atoms with van der Waals surface area (Å²) < 4.78 is 8.15. The standard InChI is InChI=1S/C21H38N6O.HI/c1-15-25-26-18(27(15)5)14-23-20(24-17-10-6-7-11-17)22-13-16-9-8-12-28-19(16)21(2,3)4;/h16-17,19H,6-14H2,1-5H3,(H2,22,23,24);1H. The van der Waals surface area contributed by atoms with Crippen LogP contribution >= 0.6 is 24.0 Å². The van der Waals surface area contributed by atoms with Crippen LogP contribution in [-0.4, -0.2) is 46.0 Å². The number of aromatic nitrogens is 3. The Morgan fingerprint density at radius 3 is 2.52 bits per heavy atom. The highest BCUT2D eigenvalue weighted by molar-refractivity contribution is 14.0. The molecule has 2 atom stereocenters. The first-order valence-electron chi connectivity index (χ1n) is 10.9. The fourth-order valence-electron chi connectivity index (χ4n) is 4.39. The fourth-order valence-corrected chi connectivity index (χ4v) is 4.39. The number of hydrogen-bond donors (Lipinski definition) is 2. The van der Waals surface area contributed by atoms with E-state index in [1.54, 1.807) is 0 Å². The summed E-state index contributed by atoms with van der Waals surface area (Å²) in [5.74, 6) is 3.20. The van der Waals surface area contributed by atoms with E-state index in [1.807, 2.05) is 18.5 Å². The molecule has 29 heavy (non-hydrogen) atoms. The first-order valence-corrected chi connectivity index (χ1v) is 10.9. The second-order valence-electron chi connectivity index (χ2n) is 9.45. The van der Waals surface area contributed by atoms with Crippen molar-refractivity contribution in [3.8, 4) is 0 Å². The first kappa shape index (κ1) is 24.4. The lowest BCUT2D eigenvalue weighted by atomic mass is 9.78. The maximum absolute atomic E-state index is 6.15. The second-order valence-corrected chi connectivity index (χ2v) is 9.45. The summed E-state index contributed by atoms with van der Waals surface area (Å²) in [6, 6.07) is 0.522. The van der Waals surface area contributed by atoms with Gasteiger partial charge in [-0.25, -0.2) is 4.99 Å². The molecule has 3 rings (SSSR count). The van der Waals surface area contributed by atoms with Crippen molar-refractivity contribution >= 4 is 29.9 Å². The second kappa shape index (κ2) is 10.9. The van der Waals surface area contributed by atoms with Crippen LogP contribution in [0.25, 0.3) is 0 Å². The van der Waals surface area contributed by atoms with Crippen molar-refractivity contribution in [2.24, 2.45) is 23.4 Å². The lowest BCUT2D eigenvalue weighted by Crippen LogP contribution is -2.49. The Labute approximate surface area is 192 Å². The molecule has 1 aromatic rings. The van der Waals surface area contributed by atoms with Crippen molar-refractivity contribution < 1.29 is 4.74 Å². The molecule has 2 fully saturated rings. The Morgan fingerprint density at radius 1 is 1.17 bits per heavy atom. The lowest BCUT2D eigenvalue weighted by Gasteiger charge is -2.40. The Morgan fingerprint density at radius 2 is 1.90 bits per heavy atom. The smallest absolute Gasteiger partial charge is 0.191 e. The zero-order chi connectivity index (χ0) is 20.1. The lowest BCUT2D eigenvalue weighted by molar-refractivity contribution is -0.0835. The van der Waals surface area contributed by atoms with Crippen LogP contribution in [0.1, 0.15) is 70.9 Å². The molecule has 0 radical (unpaired) electrons. The molecule has 1 aliphatic heterocycles. The van der Waals surface area contributed by atoms with E-state index in [2.05, 4.69) is 41.6 Å². The molecular formula is C21H39IN6O.